The molecule has 2 N–H and O–H groups in total. The van der Waals surface area contributed by atoms with Gasteiger partial charge in [0.15, 0.2) is 0 Å². The fourth-order valence-corrected chi connectivity index (χ4v) is 1.91. The van der Waals surface area contributed by atoms with Crippen LogP contribution < -0.4 is 10.6 Å². The zero-order valence-electron chi connectivity index (χ0n) is 10.9. The maximum atomic E-state index is 5.83. The minimum absolute atomic E-state index is 0.0263. The molecule has 94 valence electrons. The van der Waals surface area contributed by atoms with Crippen LogP contribution in [0.2, 0.25) is 0 Å². The van der Waals surface area contributed by atoms with Crippen LogP contribution in [-0.4, -0.2) is 11.5 Å². The lowest BCUT2D eigenvalue weighted by Crippen LogP contribution is -2.17. The van der Waals surface area contributed by atoms with E-state index in [0.29, 0.717) is 0 Å². The van der Waals surface area contributed by atoms with Gasteiger partial charge in [0.2, 0.25) is 0 Å². The molecule has 0 saturated carbocycles. The van der Waals surface area contributed by atoms with Crippen molar-refractivity contribution in [1.29, 1.82) is 0 Å². The maximum absolute atomic E-state index is 5.83. The number of pyridine rings is 1. The second-order valence-corrected chi connectivity index (χ2v) is 4.32. The Morgan fingerprint density at radius 2 is 1.89 bits per heavy atom. The number of hydrogen-bond acceptors (Lipinski definition) is 3. The highest BCUT2D eigenvalue weighted by Gasteiger charge is 2.08. The lowest BCUT2D eigenvalue weighted by atomic mass is 10.1. The summed E-state index contributed by atoms with van der Waals surface area (Å²) in [6.45, 7) is 4.97. The smallest absolute Gasteiger partial charge is 0.132 e. The molecule has 2 rings (SSSR count). The Balaban J connectivity index is 2.28. The van der Waals surface area contributed by atoms with E-state index < -0.39 is 0 Å². The van der Waals surface area contributed by atoms with Crippen LogP contribution in [0.5, 0.6) is 0 Å². The Morgan fingerprint density at radius 1 is 1.17 bits per heavy atom. The molecule has 0 aliphatic rings. The lowest BCUT2D eigenvalue weighted by molar-refractivity contribution is 0.810. The summed E-state index contributed by atoms with van der Waals surface area (Å²) in [5, 5.41) is 0. The highest BCUT2D eigenvalue weighted by atomic mass is 15.2. The normalized spacial score (nSPS) is 12.2. The van der Waals surface area contributed by atoms with Crippen molar-refractivity contribution in [2.75, 3.05) is 11.4 Å². The third-order valence-corrected chi connectivity index (χ3v) is 2.96. The van der Waals surface area contributed by atoms with Crippen molar-refractivity contribution >= 4 is 11.5 Å². The van der Waals surface area contributed by atoms with Crippen molar-refractivity contribution in [2.45, 2.75) is 19.9 Å². The number of nitrogens with two attached hydrogens (primary N) is 1. The van der Waals surface area contributed by atoms with E-state index in [1.54, 1.807) is 0 Å². The summed E-state index contributed by atoms with van der Waals surface area (Å²) in [4.78, 5) is 6.67. The van der Waals surface area contributed by atoms with Crippen LogP contribution in [-0.2, 0) is 0 Å². The molecule has 18 heavy (non-hydrogen) atoms. The van der Waals surface area contributed by atoms with Crippen LogP contribution in [0.25, 0.3) is 0 Å². The Kier molecular flexibility index (Phi) is 3.95. The van der Waals surface area contributed by atoms with E-state index in [1.165, 1.54) is 0 Å². The third-order valence-electron chi connectivity index (χ3n) is 2.96. The van der Waals surface area contributed by atoms with E-state index in [4.69, 9.17) is 5.73 Å². The fourth-order valence-electron chi connectivity index (χ4n) is 1.91. The molecule has 1 atom stereocenters. The molecule has 3 heteroatoms. The van der Waals surface area contributed by atoms with Gasteiger partial charge in [-0.15, -0.1) is 0 Å². The topological polar surface area (TPSA) is 42.1 Å². The molecule has 0 saturated heterocycles. The van der Waals surface area contributed by atoms with Gasteiger partial charge in [0.05, 0.1) is 0 Å². The number of para-hydroxylation sites is 1. The van der Waals surface area contributed by atoms with Crippen molar-refractivity contribution in [3.63, 3.8) is 0 Å². The Bertz CT molecular complexity index is 477. The maximum Gasteiger partial charge on any atom is 0.132 e. The molecule has 0 unspecified atom stereocenters. The predicted octanol–water partition coefficient (Wildman–Crippen LogP) is 3.26. The first-order valence-corrected chi connectivity index (χ1v) is 6.26. The van der Waals surface area contributed by atoms with E-state index in [-0.39, 0.29) is 6.04 Å². The van der Waals surface area contributed by atoms with E-state index in [1.807, 2.05) is 43.5 Å². The van der Waals surface area contributed by atoms with Crippen LogP contribution in [0.1, 0.15) is 25.5 Å². The number of rotatable bonds is 4. The monoisotopic (exact) mass is 241 g/mol. The van der Waals surface area contributed by atoms with Gasteiger partial charge in [-0.25, -0.2) is 4.98 Å². The highest BCUT2D eigenvalue weighted by molar-refractivity contribution is 5.59. The van der Waals surface area contributed by atoms with E-state index >= 15 is 0 Å². The number of benzene rings is 1. The first-order chi connectivity index (χ1) is 8.72. The van der Waals surface area contributed by atoms with Crippen molar-refractivity contribution in [3.05, 3.63) is 54.2 Å². The van der Waals surface area contributed by atoms with Gasteiger partial charge in [0, 0.05) is 24.5 Å². The summed E-state index contributed by atoms with van der Waals surface area (Å²) >= 11 is 0. The summed E-state index contributed by atoms with van der Waals surface area (Å²) in [6, 6.07) is 14.4. The molecule has 0 spiro atoms. The predicted molar refractivity (Wildman–Crippen MR) is 76.0 cm³/mol. The zero-order valence-corrected chi connectivity index (χ0v) is 10.9. The third kappa shape index (κ3) is 2.68. The van der Waals surface area contributed by atoms with Crippen molar-refractivity contribution in [2.24, 2.45) is 5.73 Å². The zero-order chi connectivity index (χ0) is 13.0. The summed E-state index contributed by atoms with van der Waals surface area (Å²) < 4.78 is 0. The van der Waals surface area contributed by atoms with Gasteiger partial charge in [0.1, 0.15) is 5.82 Å². The first-order valence-electron chi connectivity index (χ1n) is 6.26. The lowest BCUT2D eigenvalue weighted by Gasteiger charge is -2.22. The second kappa shape index (κ2) is 5.65. The molecular formula is C15H19N3. The van der Waals surface area contributed by atoms with Gasteiger partial charge in [-0.3, -0.25) is 0 Å². The van der Waals surface area contributed by atoms with Crippen LogP contribution >= 0.6 is 0 Å². The molecule has 1 aromatic heterocycles. The summed E-state index contributed by atoms with van der Waals surface area (Å²) in [5.41, 5.74) is 8.04. The molecule has 0 amide bonds. The van der Waals surface area contributed by atoms with Crippen molar-refractivity contribution in [3.8, 4) is 0 Å². The van der Waals surface area contributed by atoms with E-state index in [9.17, 15) is 0 Å². The number of aromatic nitrogens is 1. The molecular weight excluding hydrogens is 222 g/mol. The fraction of sp³-hybridized carbons (Fsp3) is 0.267. The summed E-state index contributed by atoms with van der Waals surface area (Å²) in [7, 11) is 0. The van der Waals surface area contributed by atoms with Crippen LogP contribution in [0.4, 0.5) is 11.5 Å². The standard InChI is InChI=1S/C15H19N3/c1-3-18(14-7-5-4-6-8-14)15-10-9-13(11-17-15)12(2)16/h4-12H,3,16H2,1-2H3/t12-/m0/s1. The quantitative estimate of drug-likeness (QED) is 0.893. The SMILES string of the molecule is CCN(c1ccccc1)c1ccc([C@H](C)N)cn1. The van der Waals surface area contributed by atoms with E-state index in [2.05, 4.69) is 28.9 Å². The molecule has 1 heterocycles. The van der Waals surface area contributed by atoms with Crippen LogP contribution in [0.15, 0.2) is 48.7 Å². The Hall–Kier alpha value is -1.87. The van der Waals surface area contributed by atoms with Gasteiger partial charge in [-0.05, 0) is 37.6 Å². The molecule has 2 aromatic rings. The molecule has 0 fully saturated rings. The molecule has 1 aromatic carbocycles. The van der Waals surface area contributed by atoms with Crippen molar-refractivity contribution < 1.29 is 0 Å². The Morgan fingerprint density at radius 3 is 2.39 bits per heavy atom. The van der Waals surface area contributed by atoms with Gasteiger partial charge in [-0.2, -0.15) is 0 Å². The Labute approximate surface area is 108 Å². The molecule has 3 nitrogen and oxygen atoms in total. The number of hydrogen-bond donors (Lipinski definition) is 1. The summed E-state index contributed by atoms with van der Waals surface area (Å²) in [5.74, 6) is 0.952. The molecule has 0 bridgehead atoms. The van der Waals surface area contributed by atoms with Gasteiger partial charge < -0.3 is 10.6 Å². The molecule has 0 aliphatic heterocycles. The average Bonchev–Trinajstić information content (AvgIpc) is 2.41. The van der Waals surface area contributed by atoms with E-state index in [0.717, 1.165) is 23.6 Å². The van der Waals surface area contributed by atoms with Crippen LogP contribution in [0.3, 0.4) is 0 Å². The number of nitrogens with zero attached hydrogens (tertiary/aromatic N) is 2. The highest BCUT2D eigenvalue weighted by Crippen LogP contribution is 2.23. The second-order valence-electron chi connectivity index (χ2n) is 4.32. The van der Waals surface area contributed by atoms with Gasteiger partial charge >= 0.3 is 0 Å². The van der Waals surface area contributed by atoms with Crippen molar-refractivity contribution in [1.82, 2.24) is 4.98 Å². The first kappa shape index (κ1) is 12.6. The number of anilines is 2. The molecule has 0 radical (unpaired) electrons. The van der Waals surface area contributed by atoms with Crippen LogP contribution in [0, 0.1) is 0 Å². The summed E-state index contributed by atoms with van der Waals surface area (Å²) in [6.07, 6.45) is 1.85. The minimum Gasteiger partial charge on any atom is -0.327 e. The largest absolute Gasteiger partial charge is 0.327 e. The molecule has 0 aliphatic carbocycles. The minimum atomic E-state index is 0.0263. The average molecular weight is 241 g/mol. The van der Waals surface area contributed by atoms with Gasteiger partial charge in [0.25, 0.3) is 0 Å². The van der Waals surface area contributed by atoms with Gasteiger partial charge in [-0.1, -0.05) is 24.3 Å².